The Labute approximate surface area is 174 Å². The predicted molar refractivity (Wildman–Crippen MR) is 109 cm³/mol. The van der Waals surface area contributed by atoms with Crippen molar-refractivity contribution in [3.63, 3.8) is 0 Å². The number of amides is 1. The lowest BCUT2D eigenvalue weighted by atomic mass is 10.2. The summed E-state index contributed by atoms with van der Waals surface area (Å²) < 4.78 is 5.79. The van der Waals surface area contributed by atoms with Crippen LogP contribution >= 0.6 is 11.6 Å². The van der Waals surface area contributed by atoms with Gasteiger partial charge in [-0.1, -0.05) is 42.6 Å². The van der Waals surface area contributed by atoms with Gasteiger partial charge < -0.3 is 10.1 Å². The lowest BCUT2D eigenvalue weighted by Crippen LogP contribution is -2.35. The molecule has 0 spiro atoms. The van der Waals surface area contributed by atoms with E-state index in [0.29, 0.717) is 17.5 Å². The Morgan fingerprint density at radius 2 is 1.90 bits per heavy atom. The highest BCUT2D eigenvalue weighted by atomic mass is 35.5. The van der Waals surface area contributed by atoms with Crippen LogP contribution in [0.5, 0.6) is 5.75 Å². The third-order valence-corrected chi connectivity index (χ3v) is 5.29. The van der Waals surface area contributed by atoms with E-state index in [9.17, 15) is 4.79 Å². The fourth-order valence-electron chi connectivity index (χ4n) is 3.37. The van der Waals surface area contributed by atoms with Crippen LogP contribution in [0.25, 0.3) is 11.4 Å². The molecule has 0 saturated heterocycles. The van der Waals surface area contributed by atoms with E-state index in [1.54, 1.807) is 0 Å². The highest BCUT2D eigenvalue weighted by molar-refractivity contribution is 6.31. The molecule has 3 aromatic rings. The average molecular weight is 412 g/mol. The zero-order valence-corrected chi connectivity index (χ0v) is 16.7. The molecule has 1 aromatic heterocycles. The summed E-state index contributed by atoms with van der Waals surface area (Å²) in [7, 11) is 0. The van der Waals surface area contributed by atoms with Gasteiger partial charge in [-0.3, -0.25) is 4.79 Å². The van der Waals surface area contributed by atoms with Crippen LogP contribution in [-0.2, 0) is 17.9 Å². The number of tetrazole rings is 1. The quantitative estimate of drug-likeness (QED) is 0.642. The summed E-state index contributed by atoms with van der Waals surface area (Å²) in [6, 6.07) is 15.3. The van der Waals surface area contributed by atoms with Gasteiger partial charge in [0.25, 0.3) is 0 Å². The maximum atomic E-state index is 12.1. The molecule has 1 amide bonds. The molecular formula is C21H22ClN5O2. The monoisotopic (exact) mass is 411 g/mol. The zero-order valence-electron chi connectivity index (χ0n) is 15.9. The molecule has 1 saturated carbocycles. The third-order valence-electron chi connectivity index (χ3n) is 4.92. The molecule has 0 aliphatic heterocycles. The molecule has 1 fully saturated rings. The van der Waals surface area contributed by atoms with Crippen molar-refractivity contribution in [3.05, 3.63) is 59.1 Å². The van der Waals surface area contributed by atoms with Crippen LogP contribution in [0.3, 0.4) is 0 Å². The number of carbonyl (C=O) groups excluding carboxylic acids is 1. The highest BCUT2D eigenvalue weighted by Crippen LogP contribution is 2.22. The predicted octanol–water partition coefficient (Wildman–Crippen LogP) is 3.63. The van der Waals surface area contributed by atoms with Gasteiger partial charge in [0.2, 0.25) is 11.7 Å². The zero-order chi connectivity index (χ0) is 20.1. The Hall–Kier alpha value is -2.93. The van der Waals surface area contributed by atoms with Gasteiger partial charge in [0.15, 0.2) is 0 Å². The van der Waals surface area contributed by atoms with Crippen LogP contribution in [-0.4, -0.2) is 32.2 Å². The van der Waals surface area contributed by atoms with Gasteiger partial charge in [0, 0.05) is 22.2 Å². The molecule has 0 atom stereocenters. The van der Waals surface area contributed by atoms with Crippen LogP contribution in [0, 0.1) is 0 Å². The topological polar surface area (TPSA) is 81.9 Å². The number of halogens is 1. The molecule has 1 N–H and O–H groups in total. The molecular weight excluding hydrogens is 390 g/mol. The van der Waals surface area contributed by atoms with E-state index in [2.05, 4.69) is 20.7 Å². The van der Waals surface area contributed by atoms with E-state index < -0.39 is 0 Å². The van der Waals surface area contributed by atoms with Crippen LogP contribution in [0.15, 0.2) is 48.5 Å². The molecule has 0 unspecified atom stereocenters. The number of ether oxygens (including phenoxy) is 1. The van der Waals surface area contributed by atoms with Crippen LogP contribution in [0.4, 0.5) is 0 Å². The molecule has 1 heterocycles. The van der Waals surface area contributed by atoms with Gasteiger partial charge in [-0.05, 0) is 48.4 Å². The van der Waals surface area contributed by atoms with Gasteiger partial charge in [0.05, 0.1) is 0 Å². The Bertz CT molecular complexity index is 967. The first-order chi connectivity index (χ1) is 14.2. The average Bonchev–Trinajstić information content (AvgIpc) is 3.40. The Balaban J connectivity index is 1.33. The van der Waals surface area contributed by atoms with E-state index in [-0.39, 0.29) is 18.5 Å². The molecule has 8 heteroatoms. The van der Waals surface area contributed by atoms with Crippen LogP contribution in [0.1, 0.15) is 31.2 Å². The fourth-order valence-corrected chi connectivity index (χ4v) is 3.56. The number of hydrogen-bond donors (Lipinski definition) is 1. The van der Waals surface area contributed by atoms with Gasteiger partial charge in [0.1, 0.15) is 18.9 Å². The first kappa shape index (κ1) is 19.4. The lowest BCUT2D eigenvalue weighted by molar-refractivity contribution is -0.122. The minimum absolute atomic E-state index is 0.0720. The van der Waals surface area contributed by atoms with E-state index in [0.717, 1.165) is 29.7 Å². The van der Waals surface area contributed by atoms with Gasteiger partial charge in [-0.2, -0.15) is 4.80 Å². The molecule has 7 nitrogen and oxygen atoms in total. The summed E-state index contributed by atoms with van der Waals surface area (Å²) in [5.74, 6) is 1.11. The summed E-state index contributed by atoms with van der Waals surface area (Å²) >= 11 is 6.15. The van der Waals surface area contributed by atoms with Gasteiger partial charge >= 0.3 is 0 Å². The Morgan fingerprint density at radius 1 is 1.14 bits per heavy atom. The smallest absolute Gasteiger partial charge is 0.243 e. The minimum atomic E-state index is -0.0795. The molecule has 0 radical (unpaired) electrons. The standard InChI is InChI=1S/C21H22ClN5O2/c22-19-8-4-1-5-16(19)14-29-18-11-9-15(10-12-18)21-24-26-27(25-21)13-20(28)23-17-6-2-3-7-17/h1,4-5,8-12,17H,2-3,6-7,13-14H2,(H,23,28). The van der Waals surface area contributed by atoms with Crippen molar-refractivity contribution in [1.82, 2.24) is 25.5 Å². The van der Waals surface area contributed by atoms with E-state index in [1.165, 1.54) is 17.6 Å². The second-order valence-corrected chi connectivity index (χ2v) is 7.50. The maximum absolute atomic E-state index is 12.1. The summed E-state index contributed by atoms with van der Waals surface area (Å²) in [6.45, 7) is 0.464. The molecule has 1 aliphatic rings. The molecule has 2 aromatic carbocycles. The number of aromatic nitrogens is 4. The Morgan fingerprint density at radius 3 is 2.66 bits per heavy atom. The normalized spacial score (nSPS) is 14.1. The summed E-state index contributed by atoms with van der Waals surface area (Å²) in [6.07, 6.45) is 4.45. The van der Waals surface area contributed by atoms with Crippen LogP contribution < -0.4 is 10.1 Å². The molecule has 29 heavy (non-hydrogen) atoms. The van der Waals surface area contributed by atoms with Crippen molar-refractivity contribution in [1.29, 1.82) is 0 Å². The number of nitrogens with zero attached hydrogens (tertiary/aromatic N) is 4. The molecule has 4 rings (SSSR count). The summed E-state index contributed by atoms with van der Waals surface area (Å²) in [5, 5.41) is 16.0. The number of carbonyl (C=O) groups is 1. The van der Waals surface area contributed by atoms with Crippen molar-refractivity contribution in [2.45, 2.75) is 44.9 Å². The van der Waals surface area contributed by atoms with Gasteiger partial charge in [-0.15, -0.1) is 10.2 Å². The van der Waals surface area contributed by atoms with Crippen molar-refractivity contribution in [3.8, 4) is 17.1 Å². The number of nitrogens with one attached hydrogen (secondary N) is 1. The minimum Gasteiger partial charge on any atom is -0.489 e. The number of rotatable bonds is 7. The lowest BCUT2D eigenvalue weighted by Gasteiger charge is -2.10. The van der Waals surface area contributed by atoms with E-state index in [1.807, 2.05) is 48.5 Å². The highest BCUT2D eigenvalue weighted by Gasteiger charge is 2.18. The molecule has 1 aliphatic carbocycles. The third kappa shape index (κ3) is 5.12. The summed E-state index contributed by atoms with van der Waals surface area (Å²) in [4.78, 5) is 13.4. The first-order valence-corrected chi connectivity index (χ1v) is 10.1. The largest absolute Gasteiger partial charge is 0.489 e. The van der Waals surface area contributed by atoms with Crippen molar-refractivity contribution in [2.75, 3.05) is 0 Å². The number of hydrogen-bond acceptors (Lipinski definition) is 5. The van der Waals surface area contributed by atoms with Crippen molar-refractivity contribution < 1.29 is 9.53 Å². The fraction of sp³-hybridized carbons (Fsp3) is 0.333. The van der Waals surface area contributed by atoms with E-state index >= 15 is 0 Å². The van der Waals surface area contributed by atoms with Gasteiger partial charge in [-0.25, -0.2) is 0 Å². The van der Waals surface area contributed by atoms with Crippen molar-refractivity contribution >= 4 is 17.5 Å². The van der Waals surface area contributed by atoms with E-state index in [4.69, 9.17) is 16.3 Å². The van der Waals surface area contributed by atoms with Crippen molar-refractivity contribution in [2.24, 2.45) is 0 Å². The first-order valence-electron chi connectivity index (χ1n) is 9.71. The maximum Gasteiger partial charge on any atom is 0.243 e. The molecule has 0 bridgehead atoms. The Kier molecular flexibility index (Phi) is 6.05. The number of benzene rings is 2. The second-order valence-electron chi connectivity index (χ2n) is 7.10. The van der Waals surface area contributed by atoms with Crippen LogP contribution in [0.2, 0.25) is 5.02 Å². The SMILES string of the molecule is O=C(Cn1nnc(-c2ccc(OCc3ccccc3Cl)cc2)n1)NC1CCCC1. The summed E-state index contributed by atoms with van der Waals surface area (Å²) in [5.41, 5.74) is 1.73. The molecule has 150 valence electrons. The second kappa shape index (κ2) is 9.05.